The number of hydrogen-bond donors (Lipinski definition) is 1. The maximum atomic E-state index is 12.3. The summed E-state index contributed by atoms with van der Waals surface area (Å²) in [5.74, 6) is 0.242. The molecule has 5 nitrogen and oxygen atoms in total. The zero-order chi connectivity index (χ0) is 13.6. The first-order chi connectivity index (χ1) is 8.98. The van der Waals surface area contributed by atoms with Crippen molar-refractivity contribution in [3.63, 3.8) is 0 Å². The summed E-state index contributed by atoms with van der Waals surface area (Å²) in [4.78, 5) is 0.323. The molecule has 0 aliphatic carbocycles. The van der Waals surface area contributed by atoms with Crippen LogP contribution in [-0.2, 0) is 21.3 Å². The molecule has 0 spiro atoms. The summed E-state index contributed by atoms with van der Waals surface area (Å²) < 4.78 is 49.6. The van der Waals surface area contributed by atoms with E-state index in [-0.39, 0.29) is 15.5 Å². The van der Waals surface area contributed by atoms with Crippen LogP contribution in [0.2, 0.25) is 0 Å². The molecule has 0 aromatic heterocycles. The normalized spacial score (nSPS) is 17.3. The summed E-state index contributed by atoms with van der Waals surface area (Å²) in [6, 6.07) is 10.8. The first kappa shape index (κ1) is 12.5. The molecule has 2 aromatic rings. The molecule has 1 aliphatic heterocycles. The van der Waals surface area contributed by atoms with Gasteiger partial charge in [0.15, 0.2) is 5.75 Å². The molecular formula is C12H8O5S2. The van der Waals surface area contributed by atoms with Crippen LogP contribution in [0.25, 0.3) is 0 Å². The van der Waals surface area contributed by atoms with Crippen LogP contribution >= 0.6 is 0 Å². The van der Waals surface area contributed by atoms with Crippen molar-refractivity contribution in [2.75, 3.05) is 0 Å². The Balaban J connectivity index is 2.26. The van der Waals surface area contributed by atoms with Gasteiger partial charge >= 0.3 is 0 Å². The van der Waals surface area contributed by atoms with E-state index in [4.69, 9.17) is 4.74 Å². The number of hydrogen-bond acceptors (Lipinski definition) is 4. The van der Waals surface area contributed by atoms with Gasteiger partial charge in [-0.05, 0) is 24.3 Å². The molecule has 1 unspecified atom stereocenters. The van der Waals surface area contributed by atoms with E-state index in [2.05, 4.69) is 0 Å². The molecule has 19 heavy (non-hydrogen) atoms. The van der Waals surface area contributed by atoms with Gasteiger partial charge in [0, 0.05) is 11.2 Å². The van der Waals surface area contributed by atoms with Crippen molar-refractivity contribution in [1.29, 1.82) is 0 Å². The lowest BCUT2D eigenvalue weighted by atomic mass is 10.3. The van der Waals surface area contributed by atoms with Crippen molar-refractivity contribution in [2.45, 2.75) is 14.7 Å². The Morgan fingerprint density at radius 3 is 2.47 bits per heavy atom. The molecular weight excluding hydrogens is 288 g/mol. The highest BCUT2D eigenvalue weighted by molar-refractivity contribution is 7.92. The predicted molar refractivity (Wildman–Crippen MR) is 67.4 cm³/mol. The summed E-state index contributed by atoms with van der Waals surface area (Å²) in [7, 11) is -4.43. The molecule has 3 rings (SSSR count). The standard InChI is InChI=1S/C12H8O5S2/c13-18-9-5-2-1-4-8(9)17-12-10(18)6-3-7-11(12)19(14,15)16/h1-7H,(H,14,15,16). The lowest BCUT2D eigenvalue weighted by molar-refractivity contribution is 0.421. The van der Waals surface area contributed by atoms with Crippen LogP contribution in [0.15, 0.2) is 57.2 Å². The van der Waals surface area contributed by atoms with Crippen LogP contribution in [0.3, 0.4) is 0 Å². The molecule has 7 heteroatoms. The second-order valence-electron chi connectivity index (χ2n) is 3.88. The maximum absolute atomic E-state index is 12.3. The quantitative estimate of drug-likeness (QED) is 0.644. The molecule has 1 atom stereocenters. The van der Waals surface area contributed by atoms with E-state index in [9.17, 15) is 17.5 Å². The molecule has 0 fully saturated rings. The molecule has 1 heterocycles. The Morgan fingerprint density at radius 2 is 1.74 bits per heavy atom. The summed E-state index contributed by atoms with van der Waals surface area (Å²) in [5, 5.41) is 0. The fraction of sp³-hybridized carbons (Fsp3) is 0. The highest BCUT2D eigenvalue weighted by Gasteiger charge is 2.34. The minimum atomic E-state index is -4.43. The molecule has 98 valence electrons. The summed E-state index contributed by atoms with van der Waals surface area (Å²) in [5.41, 5.74) is 0. The van der Waals surface area contributed by atoms with Gasteiger partial charge in [0.25, 0.3) is 10.1 Å². The summed E-state index contributed by atoms with van der Waals surface area (Å²) >= 11 is -1.54. The third-order valence-electron chi connectivity index (χ3n) is 2.68. The first-order valence-corrected chi connectivity index (χ1v) is 7.86. The number of ether oxygens (including phenoxy) is 1. The number of fused-ring (bicyclic) bond motifs is 2. The van der Waals surface area contributed by atoms with Gasteiger partial charge in [-0.3, -0.25) is 4.55 Å². The lowest BCUT2D eigenvalue weighted by Crippen LogP contribution is -2.13. The van der Waals surface area contributed by atoms with Crippen molar-refractivity contribution in [1.82, 2.24) is 0 Å². The van der Waals surface area contributed by atoms with Crippen molar-refractivity contribution >= 4 is 21.3 Å². The minimum Gasteiger partial charge on any atom is -0.606 e. The Hall–Kier alpha value is -1.54. The van der Waals surface area contributed by atoms with Crippen LogP contribution in [-0.4, -0.2) is 17.5 Å². The van der Waals surface area contributed by atoms with Gasteiger partial charge in [-0.15, -0.1) is 0 Å². The summed E-state index contributed by atoms with van der Waals surface area (Å²) in [6.45, 7) is 0. The minimum absolute atomic E-state index is 0.0815. The fourth-order valence-corrected chi connectivity index (χ4v) is 3.82. The van der Waals surface area contributed by atoms with Gasteiger partial charge < -0.3 is 9.29 Å². The highest BCUT2D eigenvalue weighted by Crippen LogP contribution is 2.45. The molecule has 0 saturated heterocycles. The van der Waals surface area contributed by atoms with Crippen molar-refractivity contribution in [3.05, 3.63) is 42.5 Å². The number of para-hydroxylation sites is 2. The van der Waals surface area contributed by atoms with Gasteiger partial charge in [0.05, 0.1) is 0 Å². The zero-order valence-corrected chi connectivity index (χ0v) is 11.1. The summed E-state index contributed by atoms with van der Waals surface area (Å²) in [6.07, 6.45) is 0. The average Bonchev–Trinajstić information content (AvgIpc) is 2.37. The second-order valence-corrected chi connectivity index (χ2v) is 6.68. The third kappa shape index (κ3) is 2.00. The van der Waals surface area contributed by atoms with Gasteiger partial charge in [-0.2, -0.15) is 8.42 Å². The van der Waals surface area contributed by atoms with Crippen molar-refractivity contribution in [2.24, 2.45) is 0 Å². The Kier molecular flexibility index (Phi) is 2.79. The number of benzene rings is 2. The first-order valence-electron chi connectivity index (χ1n) is 5.27. The average molecular weight is 296 g/mol. The van der Waals surface area contributed by atoms with E-state index >= 15 is 0 Å². The second kappa shape index (κ2) is 4.24. The SMILES string of the molecule is O=S(=O)(O)c1cccc2c1Oc1ccccc1[S+]2[O-]. The van der Waals surface area contributed by atoms with Crippen LogP contribution < -0.4 is 4.74 Å². The van der Waals surface area contributed by atoms with Crippen LogP contribution in [0.1, 0.15) is 0 Å². The van der Waals surface area contributed by atoms with Crippen molar-refractivity contribution in [3.8, 4) is 11.5 Å². The zero-order valence-electron chi connectivity index (χ0n) is 9.44. The van der Waals surface area contributed by atoms with E-state index in [0.717, 1.165) is 0 Å². The van der Waals surface area contributed by atoms with E-state index in [1.807, 2.05) is 0 Å². The van der Waals surface area contributed by atoms with Crippen LogP contribution in [0.5, 0.6) is 11.5 Å². The number of rotatable bonds is 1. The third-order valence-corrected chi connectivity index (χ3v) is 5.02. The van der Waals surface area contributed by atoms with Gasteiger partial charge in [0.2, 0.25) is 15.5 Å². The monoisotopic (exact) mass is 296 g/mol. The Morgan fingerprint density at radius 1 is 1.05 bits per heavy atom. The Labute approximate surface area is 112 Å². The molecule has 0 saturated carbocycles. The lowest BCUT2D eigenvalue weighted by Gasteiger charge is -2.22. The molecule has 0 amide bonds. The van der Waals surface area contributed by atoms with Crippen LogP contribution in [0, 0.1) is 0 Å². The molecule has 1 N–H and O–H groups in total. The molecule has 2 aromatic carbocycles. The smallest absolute Gasteiger partial charge is 0.298 e. The van der Waals surface area contributed by atoms with E-state index in [1.165, 1.54) is 18.2 Å². The predicted octanol–water partition coefficient (Wildman–Crippen LogP) is 2.21. The van der Waals surface area contributed by atoms with Gasteiger partial charge in [-0.1, -0.05) is 18.2 Å². The van der Waals surface area contributed by atoms with Crippen molar-refractivity contribution < 1.29 is 22.3 Å². The molecule has 1 aliphatic rings. The maximum Gasteiger partial charge on any atom is 0.298 e. The molecule has 0 radical (unpaired) electrons. The largest absolute Gasteiger partial charge is 0.606 e. The fourth-order valence-electron chi connectivity index (χ4n) is 1.86. The van der Waals surface area contributed by atoms with Gasteiger partial charge in [-0.25, -0.2) is 0 Å². The van der Waals surface area contributed by atoms with E-state index in [1.54, 1.807) is 24.3 Å². The Bertz CT molecular complexity index is 754. The van der Waals surface area contributed by atoms with E-state index < -0.39 is 21.3 Å². The highest BCUT2D eigenvalue weighted by atomic mass is 32.2. The topological polar surface area (TPSA) is 86.7 Å². The molecule has 0 bridgehead atoms. The van der Waals surface area contributed by atoms with Gasteiger partial charge in [0.1, 0.15) is 4.90 Å². The van der Waals surface area contributed by atoms with E-state index in [0.29, 0.717) is 10.6 Å². The van der Waals surface area contributed by atoms with Crippen LogP contribution in [0.4, 0.5) is 0 Å².